The molecule has 0 unspecified atom stereocenters. The molecule has 0 aliphatic carbocycles. The average Bonchev–Trinajstić information content (AvgIpc) is 2.86. The first-order valence-corrected chi connectivity index (χ1v) is 6.85. The highest BCUT2D eigenvalue weighted by Gasteiger charge is 2.35. The number of alkyl halides is 3. The summed E-state index contributed by atoms with van der Waals surface area (Å²) in [5, 5.41) is 8.96. The van der Waals surface area contributed by atoms with Gasteiger partial charge < -0.3 is 14.4 Å². The summed E-state index contributed by atoms with van der Waals surface area (Å²) in [5.41, 5.74) is -1.56. The van der Waals surface area contributed by atoms with Crippen molar-refractivity contribution in [3.63, 3.8) is 0 Å². The number of carboxylic acids is 1. The van der Waals surface area contributed by atoms with Crippen molar-refractivity contribution in [3.05, 3.63) is 58.5 Å². The van der Waals surface area contributed by atoms with E-state index in [1.807, 2.05) is 0 Å². The molecule has 24 heavy (non-hydrogen) atoms. The van der Waals surface area contributed by atoms with Crippen molar-refractivity contribution in [1.82, 2.24) is 4.90 Å². The molecule has 0 spiro atoms. The van der Waals surface area contributed by atoms with Gasteiger partial charge in [-0.1, -0.05) is 12.1 Å². The number of hydrogen-bond acceptors (Lipinski definition) is 3. The van der Waals surface area contributed by atoms with E-state index in [4.69, 9.17) is 9.52 Å². The number of hydrogen-bond donors (Lipinski definition) is 1. The first-order valence-electron chi connectivity index (χ1n) is 6.85. The maximum Gasteiger partial charge on any atom is 0.417 e. The lowest BCUT2D eigenvalue weighted by molar-refractivity contribution is -0.138. The predicted molar refractivity (Wildman–Crippen MR) is 77.6 cm³/mol. The van der Waals surface area contributed by atoms with Crippen LogP contribution in [0.25, 0.3) is 0 Å². The zero-order valence-electron chi connectivity index (χ0n) is 12.8. The molecule has 0 atom stereocenters. The molecule has 0 aliphatic rings. The molecule has 0 saturated carbocycles. The van der Waals surface area contributed by atoms with Crippen LogP contribution in [0.3, 0.4) is 0 Å². The number of halogens is 3. The second-order valence-corrected chi connectivity index (χ2v) is 5.19. The van der Waals surface area contributed by atoms with E-state index < -0.39 is 29.2 Å². The third-order valence-corrected chi connectivity index (χ3v) is 3.40. The summed E-state index contributed by atoms with van der Waals surface area (Å²) >= 11 is 0. The summed E-state index contributed by atoms with van der Waals surface area (Å²) in [4.78, 5) is 24.3. The molecule has 1 aromatic heterocycles. The van der Waals surface area contributed by atoms with Gasteiger partial charge in [0.15, 0.2) is 0 Å². The number of carboxylic acid groups (broad SMARTS) is 1. The number of furan rings is 1. The van der Waals surface area contributed by atoms with Crippen molar-refractivity contribution >= 4 is 11.9 Å². The summed E-state index contributed by atoms with van der Waals surface area (Å²) in [5.74, 6) is -1.69. The molecule has 1 N–H and O–H groups in total. The van der Waals surface area contributed by atoms with Gasteiger partial charge in [0.25, 0.3) is 5.91 Å². The minimum Gasteiger partial charge on any atom is -0.478 e. The smallest absolute Gasteiger partial charge is 0.417 e. The van der Waals surface area contributed by atoms with Gasteiger partial charge in [0, 0.05) is 7.05 Å². The Kier molecular flexibility index (Phi) is 4.68. The molecule has 0 radical (unpaired) electrons. The van der Waals surface area contributed by atoms with Crippen LogP contribution in [-0.4, -0.2) is 28.9 Å². The van der Waals surface area contributed by atoms with E-state index in [0.717, 1.165) is 17.0 Å². The summed E-state index contributed by atoms with van der Waals surface area (Å²) in [6, 6.07) is 5.72. The lowest BCUT2D eigenvalue weighted by Gasteiger charge is -2.19. The van der Waals surface area contributed by atoms with Gasteiger partial charge >= 0.3 is 12.1 Å². The summed E-state index contributed by atoms with van der Waals surface area (Å²) in [6.45, 7) is 1.30. The van der Waals surface area contributed by atoms with E-state index in [-0.39, 0.29) is 23.6 Å². The Balaban J connectivity index is 2.25. The average molecular weight is 341 g/mol. The number of carbonyl (C=O) groups excluding carboxylic acids is 1. The Morgan fingerprint density at radius 2 is 1.83 bits per heavy atom. The topological polar surface area (TPSA) is 70.8 Å². The van der Waals surface area contributed by atoms with Crippen molar-refractivity contribution in [2.45, 2.75) is 19.6 Å². The van der Waals surface area contributed by atoms with Crippen molar-refractivity contribution in [3.8, 4) is 0 Å². The molecule has 128 valence electrons. The zero-order chi connectivity index (χ0) is 18.1. The van der Waals surface area contributed by atoms with Gasteiger partial charge in [-0.3, -0.25) is 4.79 Å². The normalized spacial score (nSPS) is 11.4. The maximum atomic E-state index is 13.0. The molecule has 0 saturated heterocycles. The molecule has 1 amide bonds. The predicted octanol–water partition coefficient (Wildman–Crippen LogP) is 3.58. The van der Waals surface area contributed by atoms with Crippen LogP contribution in [0.4, 0.5) is 13.2 Å². The fourth-order valence-corrected chi connectivity index (χ4v) is 2.26. The molecular formula is C16H14F3NO4. The molecule has 5 nitrogen and oxygen atoms in total. The van der Waals surface area contributed by atoms with Crippen LogP contribution in [0.5, 0.6) is 0 Å². The summed E-state index contributed by atoms with van der Waals surface area (Å²) < 4.78 is 44.2. The minimum atomic E-state index is -4.65. The Hall–Kier alpha value is -2.77. The zero-order valence-corrected chi connectivity index (χ0v) is 12.8. The number of aromatic carboxylic acids is 1. The monoisotopic (exact) mass is 341 g/mol. The van der Waals surface area contributed by atoms with Gasteiger partial charge in [-0.25, -0.2) is 4.79 Å². The third kappa shape index (κ3) is 3.58. The Labute approximate surface area is 135 Å². The van der Waals surface area contributed by atoms with Crippen LogP contribution < -0.4 is 0 Å². The molecule has 0 aliphatic heterocycles. The van der Waals surface area contributed by atoms with Crippen molar-refractivity contribution in [2.24, 2.45) is 0 Å². The van der Waals surface area contributed by atoms with Crippen LogP contribution >= 0.6 is 0 Å². The van der Waals surface area contributed by atoms with Crippen molar-refractivity contribution in [2.75, 3.05) is 7.05 Å². The van der Waals surface area contributed by atoms with Crippen LogP contribution in [0.2, 0.25) is 0 Å². The van der Waals surface area contributed by atoms with Crippen molar-refractivity contribution < 1.29 is 32.3 Å². The Bertz CT molecular complexity index is 780. The molecule has 2 rings (SSSR count). The Morgan fingerprint density at radius 1 is 1.21 bits per heavy atom. The number of nitrogens with zero attached hydrogens (tertiary/aromatic N) is 1. The summed E-state index contributed by atoms with van der Waals surface area (Å²) in [6.07, 6.45) is -4.65. The van der Waals surface area contributed by atoms with Gasteiger partial charge in [-0.05, 0) is 25.1 Å². The Morgan fingerprint density at radius 3 is 2.38 bits per heavy atom. The second kappa shape index (κ2) is 6.38. The van der Waals surface area contributed by atoms with E-state index in [0.29, 0.717) is 0 Å². The third-order valence-electron chi connectivity index (χ3n) is 3.40. The quantitative estimate of drug-likeness (QED) is 0.923. The molecule has 1 heterocycles. The van der Waals surface area contributed by atoms with Gasteiger partial charge in [-0.15, -0.1) is 0 Å². The molecule has 0 fully saturated rings. The molecular weight excluding hydrogens is 327 g/mol. The van der Waals surface area contributed by atoms with Crippen LogP contribution in [0.15, 0.2) is 34.7 Å². The number of amides is 1. The first-order chi connectivity index (χ1) is 11.1. The van der Waals surface area contributed by atoms with E-state index >= 15 is 0 Å². The van der Waals surface area contributed by atoms with Gasteiger partial charge in [0.2, 0.25) is 0 Å². The number of carbonyl (C=O) groups is 2. The van der Waals surface area contributed by atoms with Gasteiger partial charge in [0.05, 0.1) is 17.7 Å². The van der Waals surface area contributed by atoms with E-state index in [2.05, 4.69) is 0 Å². The lowest BCUT2D eigenvalue weighted by atomic mass is 10.1. The molecule has 2 aromatic rings. The highest BCUT2D eigenvalue weighted by molar-refractivity contribution is 5.95. The number of aryl methyl sites for hydroxylation is 1. The van der Waals surface area contributed by atoms with Crippen LogP contribution in [0, 0.1) is 6.92 Å². The number of benzene rings is 1. The summed E-state index contributed by atoms with van der Waals surface area (Å²) in [7, 11) is 1.31. The van der Waals surface area contributed by atoms with Gasteiger partial charge in [-0.2, -0.15) is 13.2 Å². The fraction of sp³-hybridized carbons (Fsp3) is 0.250. The molecule has 1 aromatic carbocycles. The van der Waals surface area contributed by atoms with E-state index in [1.165, 1.54) is 32.2 Å². The molecule has 8 heteroatoms. The number of rotatable bonds is 4. The lowest BCUT2D eigenvalue weighted by Crippen LogP contribution is -2.28. The van der Waals surface area contributed by atoms with Crippen molar-refractivity contribution in [1.29, 1.82) is 0 Å². The fourth-order valence-electron chi connectivity index (χ4n) is 2.26. The second-order valence-electron chi connectivity index (χ2n) is 5.19. The maximum absolute atomic E-state index is 13.0. The SMILES string of the molecule is Cc1oc(CN(C)C(=O)c2ccccc2C(F)(F)F)cc1C(=O)O. The first kappa shape index (κ1) is 17.6. The highest BCUT2D eigenvalue weighted by Crippen LogP contribution is 2.32. The van der Waals surface area contributed by atoms with Gasteiger partial charge in [0.1, 0.15) is 17.1 Å². The standard InChI is InChI=1S/C16H14F3NO4/c1-9-12(15(22)23)7-10(24-9)8-20(2)14(21)11-5-3-4-6-13(11)16(17,18)19/h3-7H,8H2,1-2H3,(H,22,23). The van der Waals surface area contributed by atoms with E-state index in [1.54, 1.807) is 0 Å². The highest BCUT2D eigenvalue weighted by atomic mass is 19.4. The van der Waals surface area contributed by atoms with E-state index in [9.17, 15) is 22.8 Å². The largest absolute Gasteiger partial charge is 0.478 e. The van der Waals surface area contributed by atoms with Crippen LogP contribution in [0.1, 0.15) is 37.8 Å². The minimum absolute atomic E-state index is 0.0541. The van der Waals surface area contributed by atoms with Crippen LogP contribution in [-0.2, 0) is 12.7 Å². The molecule has 0 bridgehead atoms.